The minimum atomic E-state index is -1.04. The van der Waals surface area contributed by atoms with Crippen LogP contribution in [-0.2, 0) is 16.1 Å². The first-order valence-electron chi connectivity index (χ1n) is 8.98. The van der Waals surface area contributed by atoms with E-state index in [4.69, 9.17) is 0 Å². The summed E-state index contributed by atoms with van der Waals surface area (Å²) in [6, 6.07) is 18.0. The second kappa shape index (κ2) is 8.63. The third-order valence-electron chi connectivity index (χ3n) is 4.79. The number of rotatable bonds is 6. The van der Waals surface area contributed by atoms with Crippen molar-refractivity contribution in [1.82, 2.24) is 10.2 Å². The summed E-state index contributed by atoms with van der Waals surface area (Å²) in [5.41, 5.74) is 1.81. The Hall–Kier alpha value is -2.66. The second-order valence-electron chi connectivity index (χ2n) is 6.75. The molecule has 0 unspecified atom stereocenters. The molecule has 1 fully saturated rings. The zero-order valence-corrected chi connectivity index (χ0v) is 14.7. The zero-order valence-electron chi connectivity index (χ0n) is 14.7. The minimum absolute atomic E-state index is 0.181. The predicted octanol–water partition coefficient (Wildman–Crippen LogP) is 2.84. The molecule has 2 N–H and O–H groups in total. The molecule has 1 amide bonds. The second-order valence-corrected chi connectivity index (χ2v) is 6.75. The highest BCUT2D eigenvalue weighted by Crippen LogP contribution is 2.21. The van der Waals surface area contributed by atoms with Crippen molar-refractivity contribution >= 4 is 11.9 Å². The van der Waals surface area contributed by atoms with Crippen molar-refractivity contribution in [1.29, 1.82) is 0 Å². The van der Waals surface area contributed by atoms with E-state index in [1.54, 1.807) is 24.3 Å². The first kappa shape index (κ1) is 18.1. The van der Waals surface area contributed by atoms with Gasteiger partial charge >= 0.3 is 5.97 Å². The molecule has 5 nitrogen and oxygen atoms in total. The van der Waals surface area contributed by atoms with Gasteiger partial charge in [0.2, 0.25) is 5.91 Å². The first-order chi connectivity index (χ1) is 12.6. The molecule has 5 heteroatoms. The fourth-order valence-corrected chi connectivity index (χ4v) is 3.45. The lowest BCUT2D eigenvalue weighted by Crippen LogP contribution is -2.45. The maximum absolute atomic E-state index is 12.7. The van der Waals surface area contributed by atoms with Gasteiger partial charge in [-0.25, -0.2) is 4.79 Å². The molecule has 2 atom stereocenters. The van der Waals surface area contributed by atoms with Crippen LogP contribution in [0.3, 0.4) is 0 Å². The van der Waals surface area contributed by atoms with Gasteiger partial charge in [0.05, 0.1) is 5.92 Å². The van der Waals surface area contributed by atoms with Crippen molar-refractivity contribution in [3.8, 4) is 0 Å². The first-order valence-corrected chi connectivity index (χ1v) is 8.98. The van der Waals surface area contributed by atoms with Crippen LogP contribution in [0.15, 0.2) is 60.7 Å². The largest absolute Gasteiger partial charge is 0.479 e. The Kier molecular flexibility index (Phi) is 6.02. The Balaban J connectivity index is 1.62. The van der Waals surface area contributed by atoms with E-state index in [0.717, 1.165) is 25.9 Å². The van der Waals surface area contributed by atoms with Gasteiger partial charge in [-0.3, -0.25) is 9.69 Å². The van der Waals surface area contributed by atoms with Gasteiger partial charge in [0.15, 0.2) is 6.04 Å². The molecule has 1 aliphatic heterocycles. The van der Waals surface area contributed by atoms with Crippen LogP contribution in [-0.4, -0.2) is 35.0 Å². The average molecular weight is 352 g/mol. The molecule has 0 bridgehead atoms. The third kappa shape index (κ3) is 4.70. The van der Waals surface area contributed by atoms with Gasteiger partial charge in [0, 0.05) is 13.1 Å². The van der Waals surface area contributed by atoms with Crippen LogP contribution in [0.2, 0.25) is 0 Å². The number of carboxylic acids is 1. The van der Waals surface area contributed by atoms with Gasteiger partial charge in [-0.05, 0) is 30.5 Å². The quantitative estimate of drug-likeness (QED) is 0.839. The summed E-state index contributed by atoms with van der Waals surface area (Å²) in [5.74, 6) is -1.40. The van der Waals surface area contributed by atoms with Gasteiger partial charge in [-0.15, -0.1) is 0 Å². The van der Waals surface area contributed by atoms with E-state index < -0.39 is 12.0 Å². The molecule has 3 rings (SSSR count). The number of likely N-dealkylation sites (tertiary alicyclic amines) is 1. The molecule has 0 radical (unpaired) electrons. The maximum atomic E-state index is 12.7. The van der Waals surface area contributed by atoms with Crippen molar-refractivity contribution in [2.45, 2.75) is 25.4 Å². The van der Waals surface area contributed by atoms with Crippen molar-refractivity contribution in [2.75, 3.05) is 13.1 Å². The van der Waals surface area contributed by atoms with E-state index in [2.05, 4.69) is 22.3 Å². The molecule has 136 valence electrons. The van der Waals surface area contributed by atoms with Crippen LogP contribution < -0.4 is 5.32 Å². The Morgan fingerprint density at radius 3 is 2.38 bits per heavy atom. The fourth-order valence-electron chi connectivity index (χ4n) is 3.45. The van der Waals surface area contributed by atoms with Crippen molar-refractivity contribution < 1.29 is 14.7 Å². The number of nitrogens with zero attached hydrogens (tertiary/aromatic N) is 1. The lowest BCUT2D eigenvalue weighted by molar-refractivity contribution is -0.143. The summed E-state index contributed by atoms with van der Waals surface area (Å²) >= 11 is 0. The van der Waals surface area contributed by atoms with Crippen LogP contribution in [0.1, 0.15) is 30.0 Å². The number of hydrogen-bond acceptors (Lipinski definition) is 3. The summed E-state index contributed by atoms with van der Waals surface area (Å²) in [4.78, 5) is 26.5. The summed E-state index contributed by atoms with van der Waals surface area (Å²) in [7, 11) is 0. The molecule has 0 aliphatic carbocycles. The van der Waals surface area contributed by atoms with E-state index in [9.17, 15) is 14.7 Å². The highest BCUT2D eigenvalue weighted by Gasteiger charge is 2.29. The smallest absolute Gasteiger partial charge is 0.330 e. The molecule has 0 aromatic heterocycles. The third-order valence-corrected chi connectivity index (χ3v) is 4.79. The van der Waals surface area contributed by atoms with E-state index in [1.807, 2.05) is 24.3 Å². The normalized spacial score (nSPS) is 18.8. The predicted molar refractivity (Wildman–Crippen MR) is 99.4 cm³/mol. The summed E-state index contributed by atoms with van der Waals surface area (Å²) < 4.78 is 0. The number of carbonyl (C=O) groups is 2. The van der Waals surface area contributed by atoms with Gasteiger partial charge in [0.1, 0.15) is 0 Å². The van der Waals surface area contributed by atoms with E-state index in [0.29, 0.717) is 12.1 Å². The molecule has 2 aromatic rings. The monoisotopic (exact) mass is 352 g/mol. The molecular formula is C21H24N2O3. The van der Waals surface area contributed by atoms with E-state index >= 15 is 0 Å². The van der Waals surface area contributed by atoms with Crippen molar-refractivity contribution in [3.63, 3.8) is 0 Å². The molecule has 1 heterocycles. The van der Waals surface area contributed by atoms with E-state index in [-0.39, 0.29) is 11.8 Å². The van der Waals surface area contributed by atoms with Crippen LogP contribution in [0.4, 0.5) is 0 Å². The van der Waals surface area contributed by atoms with E-state index in [1.165, 1.54) is 5.56 Å². The lowest BCUT2D eigenvalue weighted by Gasteiger charge is -2.32. The number of carbonyl (C=O) groups excluding carboxylic acids is 1. The summed E-state index contributed by atoms with van der Waals surface area (Å²) in [5, 5.41) is 12.2. The minimum Gasteiger partial charge on any atom is -0.479 e. The number of carboxylic acid groups (broad SMARTS) is 1. The van der Waals surface area contributed by atoms with Crippen LogP contribution >= 0.6 is 0 Å². The number of piperidine rings is 1. The SMILES string of the molecule is O=C(N[C@H](C(=O)O)c1ccccc1)[C@@H]1CCCN(Cc2ccccc2)C1. The highest BCUT2D eigenvalue weighted by molar-refractivity contribution is 5.86. The number of amides is 1. The van der Waals surface area contributed by atoms with Crippen LogP contribution in [0.5, 0.6) is 0 Å². The maximum Gasteiger partial charge on any atom is 0.330 e. The Bertz CT molecular complexity index is 733. The number of nitrogens with one attached hydrogen (secondary N) is 1. The molecule has 0 spiro atoms. The summed E-state index contributed by atoms with van der Waals surface area (Å²) in [6.07, 6.45) is 1.73. The topological polar surface area (TPSA) is 69.6 Å². The number of aliphatic carboxylic acids is 1. The van der Waals surface area contributed by atoms with Crippen molar-refractivity contribution in [3.05, 3.63) is 71.8 Å². The molecule has 2 aromatic carbocycles. The fraction of sp³-hybridized carbons (Fsp3) is 0.333. The number of benzene rings is 2. The van der Waals surface area contributed by atoms with Crippen LogP contribution in [0.25, 0.3) is 0 Å². The van der Waals surface area contributed by atoms with Crippen LogP contribution in [0, 0.1) is 5.92 Å². The van der Waals surface area contributed by atoms with Gasteiger partial charge in [-0.2, -0.15) is 0 Å². The zero-order chi connectivity index (χ0) is 18.4. The Morgan fingerprint density at radius 2 is 1.73 bits per heavy atom. The Morgan fingerprint density at radius 1 is 1.08 bits per heavy atom. The molecule has 1 saturated heterocycles. The molecule has 1 aliphatic rings. The standard InChI is InChI=1S/C21H24N2O3/c24-20(22-19(21(25)26)17-10-5-2-6-11-17)18-12-7-13-23(15-18)14-16-8-3-1-4-9-16/h1-6,8-11,18-19H,7,12-15H2,(H,22,24)(H,25,26)/t18-,19+/m1/s1. The molecule has 0 saturated carbocycles. The van der Waals surface area contributed by atoms with Crippen molar-refractivity contribution in [2.24, 2.45) is 5.92 Å². The average Bonchev–Trinajstić information content (AvgIpc) is 2.67. The van der Waals surface area contributed by atoms with Gasteiger partial charge in [-0.1, -0.05) is 60.7 Å². The molecular weight excluding hydrogens is 328 g/mol. The number of hydrogen-bond donors (Lipinski definition) is 2. The van der Waals surface area contributed by atoms with Gasteiger partial charge < -0.3 is 10.4 Å². The summed E-state index contributed by atoms with van der Waals surface area (Å²) in [6.45, 7) is 2.42. The lowest BCUT2D eigenvalue weighted by atomic mass is 9.95. The Labute approximate surface area is 153 Å². The highest BCUT2D eigenvalue weighted by atomic mass is 16.4. The molecule has 26 heavy (non-hydrogen) atoms. The van der Waals surface area contributed by atoms with Gasteiger partial charge in [0.25, 0.3) is 0 Å².